The van der Waals surface area contributed by atoms with Gasteiger partial charge >= 0.3 is 0 Å². The van der Waals surface area contributed by atoms with Crippen molar-refractivity contribution in [3.8, 4) is 0 Å². The predicted molar refractivity (Wildman–Crippen MR) is 87.9 cm³/mol. The van der Waals surface area contributed by atoms with Crippen molar-refractivity contribution in [2.45, 2.75) is 63.8 Å². The van der Waals surface area contributed by atoms with Gasteiger partial charge in [-0.15, -0.1) is 0 Å². The van der Waals surface area contributed by atoms with E-state index in [1.165, 1.54) is 19.3 Å². The Morgan fingerprint density at radius 3 is 2.09 bits per heavy atom. The molecule has 0 aromatic heterocycles. The van der Waals surface area contributed by atoms with Gasteiger partial charge in [0.25, 0.3) is 0 Å². The molecule has 1 atom stereocenters. The largest absolute Gasteiger partial charge is 0.378 e. The lowest BCUT2D eigenvalue weighted by Gasteiger charge is -2.34. The van der Waals surface area contributed by atoms with Crippen LogP contribution in [0.15, 0.2) is 0 Å². The van der Waals surface area contributed by atoms with Crippen LogP contribution in [0.25, 0.3) is 0 Å². The summed E-state index contributed by atoms with van der Waals surface area (Å²) in [5.41, 5.74) is 0. The number of hydrogen-bond donors (Lipinski definition) is 0. The van der Waals surface area contributed by atoms with Gasteiger partial charge in [-0.2, -0.15) is 0 Å². The molecule has 2 amide bonds. The second kappa shape index (κ2) is 8.13. The summed E-state index contributed by atoms with van der Waals surface area (Å²) >= 11 is 0. The molecule has 0 bridgehead atoms. The maximum Gasteiger partial charge on any atom is 0.245 e. The highest BCUT2D eigenvalue weighted by Gasteiger charge is 2.38. The highest BCUT2D eigenvalue weighted by atomic mass is 16.5. The Balaban J connectivity index is 1.62. The van der Waals surface area contributed by atoms with E-state index in [1.807, 2.05) is 9.80 Å². The molecule has 1 aliphatic carbocycles. The molecular formula is C18H30N2O3. The number of nitrogens with zero attached hydrogens (tertiary/aromatic N) is 2. The normalized spacial score (nSPS) is 27.6. The van der Waals surface area contributed by atoms with Crippen LogP contribution in [0.5, 0.6) is 0 Å². The zero-order valence-electron chi connectivity index (χ0n) is 14.2. The third-order valence-corrected chi connectivity index (χ3v) is 5.60. The van der Waals surface area contributed by atoms with Crippen LogP contribution >= 0.6 is 0 Å². The molecule has 23 heavy (non-hydrogen) atoms. The molecule has 2 aliphatic heterocycles. The molecule has 5 nitrogen and oxygen atoms in total. The molecule has 3 fully saturated rings. The molecule has 2 saturated heterocycles. The summed E-state index contributed by atoms with van der Waals surface area (Å²) in [6.45, 7) is 3.34. The van der Waals surface area contributed by atoms with E-state index in [0.29, 0.717) is 26.3 Å². The first-order chi connectivity index (χ1) is 11.3. The SMILES string of the molecule is O=C(C1CCCN1C(=O)C1CCCCCCC1)N1CCOCC1. The molecular weight excluding hydrogens is 292 g/mol. The molecule has 0 radical (unpaired) electrons. The fraction of sp³-hybridized carbons (Fsp3) is 0.889. The van der Waals surface area contributed by atoms with Gasteiger partial charge in [0, 0.05) is 25.6 Å². The van der Waals surface area contributed by atoms with Crippen molar-refractivity contribution in [1.82, 2.24) is 9.80 Å². The Labute approximate surface area is 139 Å². The number of carbonyl (C=O) groups excluding carboxylic acids is 2. The van der Waals surface area contributed by atoms with Crippen LogP contribution in [0.2, 0.25) is 0 Å². The van der Waals surface area contributed by atoms with Gasteiger partial charge in [0.2, 0.25) is 11.8 Å². The monoisotopic (exact) mass is 322 g/mol. The quantitative estimate of drug-likeness (QED) is 0.783. The molecule has 0 aromatic carbocycles. The van der Waals surface area contributed by atoms with E-state index < -0.39 is 0 Å². The lowest BCUT2D eigenvalue weighted by molar-refractivity contribution is -0.148. The number of ether oxygens (including phenoxy) is 1. The first-order valence-electron chi connectivity index (χ1n) is 9.44. The molecule has 2 heterocycles. The second-order valence-electron chi connectivity index (χ2n) is 7.17. The summed E-state index contributed by atoms with van der Waals surface area (Å²) in [7, 11) is 0. The van der Waals surface area contributed by atoms with Crippen molar-refractivity contribution in [3.63, 3.8) is 0 Å². The van der Waals surface area contributed by atoms with Crippen LogP contribution in [-0.2, 0) is 14.3 Å². The summed E-state index contributed by atoms with van der Waals surface area (Å²) in [6.07, 6.45) is 9.93. The average molecular weight is 322 g/mol. The maximum absolute atomic E-state index is 13.0. The molecule has 0 N–H and O–H groups in total. The Bertz CT molecular complexity index is 412. The van der Waals surface area contributed by atoms with Crippen molar-refractivity contribution in [2.75, 3.05) is 32.8 Å². The van der Waals surface area contributed by atoms with Crippen molar-refractivity contribution < 1.29 is 14.3 Å². The molecule has 0 aromatic rings. The van der Waals surface area contributed by atoms with Gasteiger partial charge in [-0.25, -0.2) is 0 Å². The zero-order chi connectivity index (χ0) is 16.1. The second-order valence-corrected chi connectivity index (χ2v) is 7.17. The van der Waals surface area contributed by atoms with E-state index in [0.717, 1.165) is 45.1 Å². The molecule has 0 spiro atoms. The standard InChI is InChI=1S/C18H30N2O3/c21-17(15-7-4-2-1-3-5-8-15)20-10-6-9-16(20)18(22)19-11-13-23-14-12-19/h15-16H,1-14H2. The van der Waals surface area contributed by atoms with Crippen molar-refractivity contribution in [1.29, 1.82) is 0 Å². The van der Waals surface area contributed by atoms with Gasteiger partial charge < -0.3 is 14.5 Å². The smallest absolute Gasteiger partial charge is 0.245 e. The number of likely N-dealkylation sites (tertiary alicyclic amines) is 1. The minimum absolute atomic E-state index is 0.144. The van der Waals surface area contributed by atoms with E-state index in [-0.39, 0.29) is 23.8 Å². The summed E-state index contributed by atoms with van der Waals surface area (Å²) in [6, 6.07) is -0.217. The molecule has 5 heteroatoms. The first-order valence-corrected chi connectivity index (χ1v) is 9.44. The summed E-state index contributed by atoms with van der Waals surface area (Å²) in [5.74, 6) is 0.536. The van der Waals surface area contributed by atoms with Crippen molar-refractivity contribution >= 4 is 11.8 Å². The number of morpholine rings is 1. The Morgan fingerprint density at radius 1 is 0.739 bits per heavy atom. The van der Waals surface area contributed by atoms with Gasteiger partial charge in [-0.05, 0) is 25.7 Å². The minimum atomic E-state index is -0.217. The number of hydrogen-bond acceptors (Lipinski definition) is 3. The van der Waals surface area contributed by atoms with Gasteiger partial charge in [0.1, 0.15) is 6.04 Å². The van der Waals surface area contributed by atoms with Crippen LogP contribution in [-0.4, -0.2) is 60.5 Å². The Hall–Kier alpha value is -1.10. The molecule has 1 saturated carbocycles. The van der Waals surface area contributed by atoms with Gasteiger partial charge in [0.15, 0.2) is 0 Å². The molecule has 3 rings (SSSR count). The Morgan fingerprint density at radius 2 is 1.39 bits per heavy atom. The third-order valence-electron chi connectivity index (χ3n) is 5.60. The number of carbonyl (C=O) groups is 2. The third kappa shape index (κ3) is 4.06. The van der Waals surface area contributed by atoms with Crippen LogP contribution in [0.1, 0.15) is 57.8 Å². The fourth-order valence-electron chi connectivity index (χ4n) is 4.22. The van der Waals surface area contributed by atoms with E-state index >= 15 is 0 Å². The van der Waals surface area contributed by atoms with Gasteiger partial charge in [-0.1, -0.05) is 32.1 Å². The van der Waals surface area contributed by atoms with E-state index in [2.05, 4.69) is 0 Å². The Kier molecular flexibility index (Phi) is 5.92. The van der Waals surface area contributed by atoms with Crippen LogP contribution in [0, 0.1) is 5.92 Å². The van der Waals surface area contributed by atoms with Crippen LogP contribution in [0.4, 0.5) is 0 Å². The topological polar surface area (TPSA) is 49.9 Å². The summed E-state index contributed by atoms with van der Waals surface area (Å²) in [4.78, 5) is 29.6. The van der Waals surface area contributed by atoms with E-state index in [4.69, 9.17) is 4.74 Å². The van der Waals surface area contributed by atoms with Gasteiger partial charge in [0.05, 0.1) is 13.2 Å². The summed E-state index contributed by atoms with van der Waals surface area (Å²) < 4.78 is 5.33. The fourth-order valence-corrected chi connectivity index (χ4v) is 4.22. The molecule has 130 valence electrons. The molecule has 1 unspecified atom stereocenters. The summed E-state index contributed by atoms with van der Waals surface area (Å²) in [5, 5.41) is 0. The lowest BCUT2D eigenvalue weighted by atomic mass is 9.90. The lowest BCUT2D eigenvalue weighted by Crippen LogP contribution is -2.52. The molecule has 3 aliphatic rings. The number of amides is 2. The minimum Gasteiger partial charge on any atom is -0.378 e. The zero-order valence-corrected chi connectivity index (χ0v) is 14.2. The number of rotatable bonds is 2. The van der Waals surface area contributed by atoms with E-state index in [9.17, 15) is 9.59 Å². The van der Waals surface area contributed by atoms with Crippen LogP contribution in [0.3, 0.4) is 0 Å². The van der Waals surface area contributed by atoms with Crippen molar-refractivity contribution in [3.05, 3.63) is 0 Å². The highest BCUT2D eigenvalue weighted by Crippen LogP contribution is 2.28. The average Bonchev–Trinajstić information content (AvgIpc) is 3.03. The highest BCUT2D eigenvalue weighted by molar-refractivity contribution is 5.89. The predicted octanol–water partition coefficient (Wildman–Crippen LogP) is 2.20. The first kappa shape index (κ1) is 16.7. The maximum atomic E-state index is 13.0. The van der Waals surface area contributed by atoms with E-state index in [1.54, 1.807) is 0 Å². The van der Waals surface area contributed by atoms with Crippen LogP contribution < -0.4 is 0 Å². The van der Waals surface area contributed by atoms with Crippen molar-refractivity contribution in [2.24, 2.45) is 5.92 Å². The van der Waals surface area contributed by atoms with Gasteiger partial charge in [-0.3, -0.25) is 9.59 Å².